The molecule has 0 aromatic rings. The van der Waals surface area contributed by atoms with Crippen molar-refractivity contribution in [2.24, 2.45) is 17.1 Å². The van der Waals surface area contributed by atoms with Gasteiger partial charge in [-0.1, -0.05) is 20.8 Å². The van der Waals surface area contributed by atoms with Crippen LogP contribution in [0, 0.1) is 11.3 Å². The number of nitrogens with one attached hydrogen (secondary N) is 1. The minimum atomic E-state index is 0.251. The van der Waals surface area contributed by atoms with Gasteiger partial charge < -0.3 is 11.1 Å². The molecule has 13 heavy (non-hydrogen) atoms. The summed E-state index contributed by atoms with van der Waals surface area (Å²) >= 11 is 0. The van der Waals surface area contributed by atoms with Crippen molar-refractivity contribution in [2.75, 3.05) is 13.1 Å². The lowest BCUT2D eigenvalue weighted by atomic mass is 9.85. The van der Waals surface area contributed by atoms with Gasteiger partial charge in [0.25, 0.3) is 0 Å². The van der Waals surface area contributed by atoms with Crippen LogP contribution in [-0.4, -0.2) is 19.1 Å². The van der Waals surface area contributed by atoms with E-state index in [1.807, 2.05) is 0 Å². The zero-order chi connectivity index (χ0) is 9.90. The Bertz CT molecular complexity index is 145. The SMILES string of the molecule is CC(C)(C)C(N)CCNCC1CC1. The Morgan fingerprint density at radius 1 is 1.38 bits per heavy atom. The molecule has 1 aliphatic carbocycles. The largest absolute Gasteiger partial charge is 0.327 e. The topological polar surface area (TPSA) is 38.0 Å². The summed E-state index contributed by atoms with van der Waals surface area (Å²) in [6.07, 6.45) is 3.95. The summed E-state index contributed by atoms with van der Waals surface area (Å²) in [4.78, 5) is 0. The second-order valence-electron chi connectivity index (χ2n) is 5.41. The molecule has 0 aliphatic heterocycles. The number of nitrogens with two attached hydrogens (primary N) is 1. The van der Waals surface area contributed by atoms with E-state index in [-0.39, 0.29) is 5.41 Å². The molecule has 0 bridgehead atoms. The maximum atomic E-state index is 6.04. The van der Waals surface area contributed by atoms with Crippen molar-refractivity contribution in [3.8, 4) is 0 Å². The van der Waals surface area contributed by atoms with E-state index in [1.165, 1.54) is 19.4 Å². The smallest absolute Gasteiger partial charge is 0.00997 e. The van der Waals surface area contributed by atoms with Crippen LogP contribution >= 0.6 is 0 Å². The molecule has 1 atom stereocenters. The summed E-state index contributed by atoms with van der Waals surface area (Å²) in [5, 5.41) is 3.47. The van der Waals surface area contributed by atoms with E-state index < -0.39 is 0 Å². The monoisotopic (exact) mass is 184 g/mol. The summed E-state index contributed by atoms with van der Waals surface area (Å²) in [6, 6.07) is 0.319. The highest BCUT2D eigenvalue weighted by atomic mass is 14.9. The molecule has 2 nitrogen and oxygen atoms in total. The molecule has 1 fully saturated rings. The van der Waals surface area contributed by atoms with Crippen molar-refractivity contribution in [1.29, 1.82) is 0 Å². The minimum Gasteiger partial charge on any atom is -0.327 e. The van der Waals surface area contributed by atoms with E-state index in [4.69, 9.17) is 5.73 Å². The molecule has 0 aromatic heterocycles. The summed E-state index contributed by atoms with van der Waals surface area (Å²) in [5.41, 5.74) is 6.29. The Balaban J connectivity index is 1.97. The molecule has 0 radical (unpaired) electrons. The molecule has 1 unspecified atom stereocenters. The summed E-state index contributed by atoms with van der Waals surface area (Å²) < 4.78 is 0. The van der Waals surface area contributed by atoms with E-state index in [0.717, 1.165) is 18.9 Å². The lowest BCUT2D eigenvalue weighted by Crippen LogP contribution is -2.37. The molecule has 1 aliphatic rings. The van der Waals surface area contributed by atoms with E-state index in [9.17, 15) is 0 Å². The maximum Gasteiger partial charge on any atom is 0.00997 e. The molecule has 0 aromatic carbocycles. The van der Waals surface area contributed by atoms with Crippen LogP contribution in [-0.2, 0) is 0 Å². The molecule has 0 spiro atoms. The van der Waals surface area contributed by atoms with Crippen LogP contribution in [0.25, 0.3) is 0 Å². The van der Waals surface area contributed by atoms with E-state index in [0.29, 0.717) is 6.04 Å². The quantitative estimate of drug-likeness (QED) is 0.639. The Labute approximate surface area is 82.3 Å². The van der Waals surface area contributed by atoms with Crippen LogP contribution in [0.4, 0.5) is 0 Å². The number of hydrogen-bond acceptors (Lipinski definition) is 2. The number of rotatable bonds is 5. The summed E-state index contributed by atoms with van der Waals surface area (Å²) in [5.74, 6) is 0.978. The molecule has 1 saturated carbocycles. The predicted molar refractivity (Wildman–Crippen MR) is 57.6 cm³/mol. The van der Waals surface area contributed by atoms with Crippen LogP contribution in [0.2, 0.25) is 0 Å². The lowest BCUT2D eigenvalue weighted by molar-refractivity contribution is 0.302. The van der Waals surface area contributed by atoms with Crippen molar-refractivity contribution >= 4 is 0 Å². The highest BCUT2D eigenvalue weighted by molar-refractivity contribution is 4.79. The molecule has 0 heterocycles. The molecule has 1 rings (SSSR count). The van der Waals surface area contributed by atoms with Gasteiger partial charge in [0.05, 0.1) is 0 Å². The first kappa shape index (κ1) is 11.0. The van der Waals surface area contributed by atoms with Crippen LogP contribution in [0.3, 0.4) is 0 Å². The molecule has 3 N–H and O–H groups in total. The Morgan fingerprint density at radius 2 is 2.00 bits per heavy atom. The first-order chi connectivity index (χ1) is 6.00. The van der Waals surface area contributed by atoms with Crippen LogP contribution in [0.15, 0.2) is 0 Å². The Kier molecular flexibility index (Phi) is 3.74. The summed E-state index contributed by atoms with van der Waals surface area (Å²) in [6.45, 7) is 8.90. The van der Waals surface area contributed by atoms with Gasteiger partial charge >= 0.3 is 0 Å². The fraction of sp³-hybridized carbons (Fsp3) is 1.00. The van der Waals surface area contributed by atoms with Gasteiger partial charge in [-0.25, -0.2) is 0 Å². The Hall–Kier alpha value is -0.0800. The van der Waals surface area contributed by atoms with Crippen molar-refractivity contribution < 1.29 is 0 Å². The van der Waals surface area contributed by atoms with Crippen molar-refractivity contribution in [2.45, 2.75) is 46.1 Å². The van der Waals surface area contributed by atoms with Crippen LogP contribution in [0.1, 0.15) is 40.0 Å². The molecule has 0 amide bonds. The predicted octanol–water partition coefficient (Wildman–Crippen LogP) is 1.75. The highest BCUT2D eigenvalue weighted by Gasteiger charge is 2.22. The van der Waals surface area contributed by atoms with Crippen LogP contribution in [0.5, 0.6) is 0 Å². The van der Waals surface area contributed by atoms with Gasteiger partial charge in [-0.15, -0.1) is 0 Å². The van der Waals surface area contributed by atoms with E-state index in [2.05, 4.69) is 26.1 Å². The van der Waals surface area contributed by atoms with Gasteiger partial charge in [-0.2, -0.15) is 0 Å². The van der Waals surface area contributed by atoms with Gasteiger partial charge in [-0.05, 0) is 43.7 Å². The molecular formula is C11H24N2. The second kappa shape index (κ2) is 4.43. The third kappa shape index (κ3) is 4.63. The number of hydrogen-bond donors (Lipinski definition) is 2. The molecule has 78 valence electrons. The average Bonchev–Trinajstić information content (AvgIpc) is 2.79. The first-order valence-corrected chi connectivity index (χ1v) is 5.46. The van der Waals surface area contributed by atoms with Gasteiger partial charge in [0.15, 0.2) is 0 Å². The molecule has 0 saturated heterocycles. The van der Waals surface area contributed by atoms with Crippen molar-refractivity contribution in [3.05, 3.63) is 0 Å². The summed E-state index contributed by atoms with van der Waals surface area (Å²) in [7, 11) is 0. The standard InChI is InChI=1S/C11H24N2/c1-11(2,3)10(12)6-7-13-8-9-4-5-9/h9-10,13H,4-8,12H2,1-3H3. The van der Waals surface area contributed by atoms with Gasteiger partial charge in [-0.3, -0.25) is 0 Å². The lowest BCUT2D eigenvalue weighted by Gasteiger charge is -2.27. The van der Waals surface area contributed by atoms with E-state index in [1.54, 1.807) is 0 Å². The molecule has 2 heteroatoms. The van der Waals surface area contributed by atoms with Crippen molar-refractivity contribution in [3.63, 3.8) is 0 Å². The third-order valence-electron chi connectivity index (χ3n) is 2.87. The van der Waals surface area contributed by atoms with Gasteiger partial charge in [0.2, 0.25) is 0 Å². The fourth-order valence-corrected chi connectivity index (χ4v) is 1.32. The molecular weight excluding hydrogens is 160 g/mol. The normalized spacial score (nSPS) is 20.3. The average molecular weight is 184 g/mol. The zero-order valence-electron chi connectivity index (χ0n) is 9.27. The second-order valence-corrected chi connectivity index (χ2v) is 5.41. The minimum absolute atomic E-state index is 0.251. The zero-order valence-corrected chi connectivity index (χ0v) is 9.27. The van der Waals surface area contributed by atoms with Gasteiger partial charge in [0, 0.05) is 6.04 Å². The third-order valence-corrected chi connectivity index (χ3v) is 2.87. The first-order valence-electron chi connectivity index (χ1n) is 5.46. The highest BCUT2D eigenvalue weighted by Crippen LogP contribution is 2.27. The fourth-order valence-electron chi connectivity index (χ4n) is 1.32. The van der Waals surface area contributed by atoms with E-state index >= 15 is 0 Å². The van der Waals surface area contributed by atoms with Crippen LogP contribution < -0.4 is 11.1 Å². The van der Waals surface area contributed by atoms with Gasteiger partial charge in [0.1, 0.15) is 0 Å². The Morgan fingerprint density at radius 3 is 2.46 bits per heavy atom. The maximum absolute atomic E-state index is 6.04. The van der Waals surface area contributed by atoms with Crippen molar-refractivity contribution in [1.82, 2.24) is 5.32 Å².